The third-order valence-corrected chi connectivity index (χ3v) is 3.51. The van der Waals surface area contributed by atoms with Crippen molar-refractivity contribution in [3.63, 3.8) is 0 Å². The zero-order valence-electron chi connectivity index (χ0n) is 11.6. The van der Waals surface area contributed by atoms with Gasteiger partial charge in [0.05, 0.1) is 18.9 Å². The lowest BCUT2D eigenvalue weighted by Gasteiger charge is -2.30. The zero-order valence-corrected chi connectivity index (χ0v) is 11.6. The molecule has 1 fully saturated rings. The van der Waals surface area contributed by atoms with Gasteiger partial charge in [-0.15, -0.1) is 0 Å². The van der Waals surface area contributed by atoms with E-state index >= 15 is 0 Å². The SMILES string of the molecule is CCCCCn1c(C#N)cc(N)c1N1CCOCC1. The molecule has 1 aromatic heterocycles. The van der Waals surface area contributed by atoms with Gasteiger partial charge in [0.25, 0.3) is 0 Å². The van der Waals surface area contributed by atoms with E-state index in [2.05, 4.69) is 22.5 Å². The van der Waals surface area contributed by atoms with Gasteiger partial charge < -0.3 is 19.9 Å². The summed E-state index contributed by atoms with van der Waals surface area (Å²) in [6.45, 7) is 6.17. The third kappa shape index (κ3) is 3.02. The van der Waals surface area contributed by atoms with Crippen molar-refractivity contribution in [2.75, 3.05) is 36.9 Å². The second-order valence-electron chi connectivity index (χ2n) is 4.88. The highest BCUT2D eigenvalue weighted by Crippen LogP contribution is 2.29. The molecule has 0 atom stereocenters. The number of hydrogen-bond acceptors (Lipinski definition) is 4. The minimum absolute atomic E-state index is 0.662. The minimum Gasteiger partial charge on any atom is -0.396 e. The molecule has 0 unspecified atom stereocenters. The van der Waals surface area contributed by atoms with E-state index in [1.54, 1.807) is 6.07 Å². The van der Waals surface area contributed by atoms with Crippen molar-refractivity contribution in [2.24, 2.45) is 0 Å². The Morgan fingerprint density at radius 1 is 1.37 bits per heavy atom. The maximum absolute atomic E-state index is 9.24. The Kier molecular flexibility index (Phi) is 4.69. The molecule has 5 nitrogen and oxygen atoms in total. The standard InChI is InChI=1S/C14H22N4O/c1-2-3-4-5-18-12(11-15)10-13(16)14(18)17-6-8-19-9-7-17/h10H,2-9,16H2,1H3. The summed E-state index contributed by atoms with van der Waals surface area (Å²) in [5.41, 5.74) is 7.46. The van der Waals surface area contributed by atoms with Crippen molar-refractivity contribution in [1.82, 2.24) is 4.57 Å². The number of hydrogen-bond donors (Lipinski definition) is 1. The highest BCUT2D eigenvalue weighted by Gasteiger charge is 2.20. The number of unbranched alkanes of at least 4 members (excludes halogenated alkanes) is 2. The molecule has 5 heteroatoms. The van der Waals surface area contributed by atoms with E-state index in [0.29, 0.717) is 11.4 Å². The van der Waals surface area contributed by atoms with E-state index in [-0.39, 0.29) is 0 Å². The Hall–Kier alpha value is -1.67. The second kappa shape index (κ2) is 6.48. The molecule has 0 aromatic carbocycles. The molecular weight excluding hydrogens is 240 g/mol. The Labute approximate surface area is 114 Å². The normalized spacial score (nSPS) is 15.5. The smallest absolute Gasteiger partial charge is 0.133 e. The third-order valence-electron chi connectivity index (χ3n) is 3.51. The summed E-state index contributed by atoms with van der Waals surface area (Å²) in [4.78, 5) is 2.23. The molecule has 104 valence electrons. The number of nitriles is 1. The lowest BCUT2D eigenvalue weighted by molar-refractivity contribution is 0.122. The van der Waals surface area contributed by atoms with Crippen LogP contribution in [0.25, 0.3) is 0 Å². The molecule has 2 N–H and O–H groups in total. The van der Waals surface area contributed by atoms with Gasteiger partial charge >= 0.3 is 0 Å². The van der Waals surface area contributed by atoms with Gasteiger partial charge in [-0.05, 0) is 12.5 Å². The number of nitrogen functional groups attached to an aromatic ring is 1. The van der Waals surface area contributed by atoms with Crippen LogP contribution < -0.4 is 10.6 Å². The molecule has 1 aliphatic heterocycles. The number of nitrogens with zero attached hydrogens (tertiary/aromatic N) is 3. The Balaban J connectivity index is 2.24. The van der Waals surface area contributed by atoms with Crippen molar-refractivity contribution < 1.29 is 4.74 Å². The number of rotatable bonds is 5. The lowest BCUT2D eigenvalue weighted by atomic mass is 10.2. The van der Waals surface area contributed by atoms with Crippen LogP contribution in [0.3, 0.4) is 0 Å². The van der Waals surface area contributed by atoms with Gasteiger partial charge in [0.15, 0.2) is 0 Å². The van der Waals surface area contributed by atoms with Crippen molar-refractivity contribution in [1.29, 1.82) is 5.26 Å². The van der Waals surface area contributed by atoms with Crippen LogP contribution in [0.2, 0.25) is 0 Å². The fourth-order valence-electron chi connectivity index (χ4n) is 2.53. The Bertz CT molecular complexity index is 455. The predicted octanol–water partition coefficient (Wildman–Crippen LogP) is 1.97. The average molecular weight is 262 g/mol. The molecule has 1 aliphatic rings. The molecule has 0 radical (unpaired) electrons. The highest BCUT2D eigenvalue weighted by atomic mass is 16.5. The summed E-state index contributed by atoms with van der Waals surface area (Å²) in [6, 6.07) is 4.04. The number of ether oxygens (including phenoxy) is 1. The van der Waals surface area contributed by atoms with Crippen LogP contribution in [-0.2, 0) is 11.3 Å². The van der Waals surface area contributed by atoms with E-state index in [1.807, 2.05) is 0 Å². The molecule has 1 saturated heterocycles. The van der Waals surface area contributed by atoms with E-state index < -0.39 is 0 Å². The highest BCUT2D eigenvalue weighted by molar-refractivity contribution is 5.68. The molecule has 0 aliphatic carbocycles. The van der Waals surface area contributed by atoms with E-state index in [1.165, 1.54) is 12.8 Å². The summed E-state index contributed by atoms with van der Waals surface area (Å²) in [6.07, 6.45) is 3.42. The van der Waals surface area contributed by atoms with Crippen molar-refractivity contribution >= 4 is 11.5 Å². The monoisotopic (exact) mass is 262 g/mol. The quantitative estimate of drug-likeness (QED) is 0.824. The summed E-state index contributed by atoms with van der Waals surface area (Å²) in [5, 5.41) is 9.24. The van der Waals surface area contributed by atoms with Gasteiger partial charge in [0.2, 0.25) is 0 Å². The van der Waals surface area contributed by atoms with E-state index in [9.17, 15) is 5.26 Å². The Morgan fingerprint density at radius 2 is 2.11 bits per heavy atom. The van der Waals surface area contributed by atoms with Crippen LogP contribution in [0.4, 0.5) is 11.5 Å². The molecule has 2 heterocycles. The van der Waals surface area contributed by atoms with Crippen molar-refractivity contribution in [3.8, 4) is 6.07 Å². The fraction of sp³-hybridized carbons (Fsp3) is 0.643. The topological polar surface area (TPSA) is 67.2 Å². The summed E-state index contributed by atoms with van der Waals surface area (Å²) < 4.78 is 7.44. The van der Waals surface area contributed by atoms with Crippen LogP contribution in [-0.4, -0.2) is 30.9 Å². The predicted molar refractivity (Wildman–Crippen MR) is 76.1 cm³/mol. The van der Waals surface area contributed by atoms with Crippen LogP contribution in [0, 0.1) is 11.3 Å². The molecule has 0 saturated carbocycles. The summed E-state index contributed by atoms with van der Waals surface area (Å²) >= 11 is 0. The van der Waals surface area contributed by atoms with Crippen LogP contribution in [0.5, 0.6) is 0 Å². The second-order valence-corrected chi connectivity index (χ2v) is 4.88. The number of aromatic nitrogens is 1. The van der Waals surface area contributed by atoms with Crippen molar-refractivity contribution in [3.05, 3.63) is 11.8 Å². The molecule has 0 spiro atoms. The maximum Gasteiger partial charge on any atom is 0.133 e. The first-order chi connectivity index (χ1) is 9.27. The summed E-state index contributed by atoms with van der Waals surface area (Å²) in [7, 11) is 0. The maximum atomic E-state index is 9.24. The van der Waals surface area contributed by atoms with Gasteiger partial charge in [-0.1, -0.05) is 19.8 Å². The molecule has 0 amide bonds. The number of anilines is 2. The summed E-state index contributed by atoms with van der Waals surface area (Å²) in [5.74, 6) is 0.996. The number of morpholine rings is 1. The largest absolute Gasteiger partial charge is 0.396 e. The van der Waals surface area contributed by atoms with Gasteiger partial charge in [-0.25, -0.2) is 0 Å². The van der Waals surface area contributed by atoms with E-state index in [0.717, 1.165) is 45.1 Å². The van der Waals surface area contributed by atoms with Crippen molar-refractivity contribution in [2.45, 2.75) is 32.7 Å². The minimum atomic E-state index is 0.662. The molecule has 1 aromatic rings. The Morgan fingerprint density at radius 3 is 2.74 bits per heavy atom. The molecule has 0 bridgehead atoms. The number of nitrogens with two attached hydrogens (primary N) is 1. The van der Waals surface area contributed by atoms with Crippen LogP contribution >= 0.6 is 0 Å². The van der Waals surface area contributed by atoms with Gasteiger partial charge in [0.1, 0.15) is 17.6 Å². The van der Waals surface area contributed by atoms with Crippen LogP contribution in [0.1, 0.15) is 31.9 Å². The molecular formula is C14H22N4O. The molecule has 2 rings (SSSR count). The van der Waals surface area contributed by atoms with Gasteiger partial charge in [-0.3, -0.25) is 0 Å². The van der Waals surface area contributed by atoms with Gasteiger partial charge in [0, 0.05) is 19.6 Å². The first kappa shape index (κ1) is 13.8. The van der Waals surface area contributed by atoms with E-state index in [4.69, 9.17) is 10.5 Å². The fourth-order valence-corrected chi connectivity index (χ4v) is 2.53. The molecule has 19 heavy (non-hydrogen) atoms. The lowest BCUT2D eigenvalue weighted by Crippen LogP contribution is -2.38. The first-order valence-electron chi connectivity index (χ1n) is 6.99. The zero-order chi connectivity index (χ0) is 13.7. The van der Waals surface area contributed by atoms with Gasteiger partial charge in [-0.2, -0.15) is 5.26 Å². The van der Waals surface area contributed by atoms with Crippen LogP contribution in [0.15, 0.2) is 6.07 Å². The first-order valence-corrected chi connectivity index (χ1v) is 6.99. The average Bonchev–Trinajstić information content (AvgIpc) is 2.76.